The van der Waals surface area contributed by atoms with E-state index >= 15 is 0 Å². The Morgan fingerprint density at radius 1 is 1.08 bits per heavy atom. The van der Waals surface area contributed by atoms with Crippen molar-refractivity contribution < 1.29 is 19.1 Å². The van der Waals surface area contributed by atoms with Crippen LogP contribution in [0.15, 0.2) is 42.5 Å². The molecule has 0 bridgehead atoms. The molecule has 0 spiro atoms. The van der Waals surface area contributed by atoms with Gasteiger partial charge in [-0.15, -0.1) is 0 Å². The molecule has 1 aliphatic heterocycles. The van der Waals surface area contributed by atoms with Crippen LogP contribution in [0, 0.1) is 6.92 Å². The molecule has 1 aliphatic rings. The van der Waals surface area contributed by atoms with E-state index in [2.05, 4.69) is 5.32 Å². The molecular formula is C20H22N2O4. The molecule has 1 N–H and O–H groups in total. The Hall–Kier alpha value is -3.02. The third kappa shape index (κ3) is 4.14. The number of carbonyl (C=O) groups excluding carboxylic acids is 2. The summed E-state index contributed by atoms with van der Waals surface area (Å²) in [7, 11) is 0. The number of hydrogen-bond donors (Lipinski definition) is 1. The van der Waals surface area contributed by atoms with Gasteiger partial charge in [-0.1, -0.05) is 18.2 Å². The molecule has 2 amide bonds. The summed E-state index contributed by atoms with van der Waals surface area (Å²) in [5, 5.41) is 2.84. The molecule has 0 aliphatic carbocycles. The van der Waals surface area contributed by atoms with Gasteiger partial charge in [-0.05, 0) is 30.7 Å². The van der Waals surface area contributed by atoms with Gasteiger partial charge in [0.25, 0.3) is 0 Å². The summed E-state index contributed by atoms with van der Waals surface area (Å²) in [6, 6.07) is 12.9. The fraction of sp³-hybridized carbons (Fsp3) is 0.300. The molecule has 2 aromatic carbocycles. The monoisotopic (exact) mass is 354 g/mol. The van der Waals surface area contributed by atoms with Crippen LogP contribution >= 0.6 is 0 Å². The first-order valence-electron chi connectivity index (χ1n) is 8.58. The van der Waals surface area contributed by atoms with Crippen LogP contribution in [0.1, 0.15) is 18.9 Å². The fourth-order valence-electron chi connectivity index (χ4n) is 2.87. The van der Waals surface area contributed by atoms with E-state index in [-0.39, 0.29) is 18.2 Å². The van der Waals surface area contributed by atoms with Gasteiger partial charge in [0.15, 0.2) is 11.5 Å². The SMILES string of the molecule is CC(=O)N(CCC(=O)Nc1ccc2c(c1)OCCO2)c1ccccc1C. The van der Waals surface area contributed by atoms with Crippen molar-refractivity contribution >= 4 is 23.2 Å². The van der Waals surface area contributed by atoms with E-state index < -0.39 is 0 Å². The number of fused-ring (bicyclic) bond motifs is 1. The van der Waals surface area contributed by atoms with Gasteiger partial charge >= 0.3 is 0 Å². The summed E-state index contributed by atoms with van der Waals surface area (Å²) in [6.07, 6.45) is 0.197. The van der Waals surface area contributed by atoms with Crippen molar-refractivity contribution in [2.45, 2.75) is 20.3 Å². The molecule has 0 saturated carbocycles. The van der Waals surface area contributed by atoms with E-state index in [0.29, 0.717) is 36.9 Å². The number of aryl methyl sites for hydroxylation is 1. The molecule has 6 nitrogen and oxygen atoms in total. The Morgan fingerprint density at radius 3 is 2.54 bits per heavy atom. The van der Waals surface area contributed by atoms with Gasteiger partial charge in [0.05, 0.1) is 0 Å². The second-order valence-corrected chi connectivity index (χ2v) is 6.11. The van der Waals surface area contributed by atoms with Crippen LogP contribution in [0.5, 0.6) is 11.5 Å². The lowest BCUT2D eigenvalue weighted by Gasteiger charge is -2.23. The van der Waals surface area contributed by atoms with Gasteiger partial charge in [-0.3, -0.25) is 9.59 Å². The van der Waals surface area contributed by atoms with Crippen LogP contribution in [0.3, 0.4) is 0 Å². The standard InChI is InChI=1S/C20H22N2O4/c1-14-5-3-4-6-17(14)22(15(2)23)10-9-20(24)21-16-7-8-18-19(13-16)26-12-11-25-18/h3-8,13H,9-12H2,1-2H3,(H,21,24). The summed E-state index contributed by atoms with van der Waals surface area (Å²) in [5.74, 6) is 1.05. The van der Waals surface area contributed by atoms with Crippen LogP contribution in [0.2, 0.25) is 0 Å². The van der Waals surface area contributed by atoms with Crippen LogP contribution in [0.4, 0.5) is 11.4 Å². The largest absolute Gasteiger partial charge is 0.486 e. The third-order valence-electron chi connectivity index (χ3n) is 4.17. The Kier molecular flexibility index (Phi) is 5.41. The predicted molar refractivity (Wildman–Crippen MR) is 99.9 cm³/mol. The summed E-state index contributed by atoms with van der Waals surface area (Å²) in [4.78, 5) is 25.9. The molecule has 0 saturated heterocycles. The van der Waals surface area contributed by atoms with E-state index in [1.165, 1.54) is 6.92 Å². The summed E-state index contributed by atoms with van der Waals surface area (Å²) in [5.41, 5.74) is 2.46. The Balaban J connectivity index is 1.62. The van der Waals surface area contributed by atoms with Gasteiger partial charge in [0.2, 0.25) is 11.8 Å². The Labute approximate surface area is 152 Å². The van der Waals surface area contributed by atoms with Crippen LogP contribution in [-0.4, -0.2) is 31.6 Å². The van der Waals surface area contributed by atoms with Gasteiger partial charge in [0, 0.05) is 37.3 Å². The molecule has 136 valence electrons. The zero-order valence-electron chi connectivity index (χ0n) is 15.0. The second kappa shape index (κ2) is 7.91. The van der Waals surface area contributed by atoms with Gasteiger partial charge in [-0.2, -0.15) is 0 Å². The number of nitrogens with zero attached hydrogens (tertiary/aromatic N) is 1. The van der Waals surface area contributed by atoms with E-state index in [1.807, 2.05) is 31.2 Å². The van der Waals surface area contributed by atoms with Crippen molar-refractivity contribution in [1.82, 2.24) is 0 Å². The molecule has 0 radical (unpaired) electrons. The second-order valence-electron chi connectivity index (χ2n) is 6.11. The van der Waals surface area contributed by atoms with Gasteiger partial charge in [0.1, 0.15) is 13.2 Å². The maximum Gasteiger partial charge on any atom is 0.226 e. The molecule has 26 heavy (non-hydrogen) atoms. The topological polar surface area (TPSA) is 67.9 Å². The number of anilines is 2. The molecule has 0 atom stereocenters. The normalized spacial score (nSPS) is 12.4. The Morgan fingerprint density at radius 2 is 1.81 bits per heavy atom. The number of amides is 2. The highest BCUT2D eigenvalue weighted by molar-refractivity contribution is 5.95. The zero-order chi connectivity index (χ0) is 18.5. The highest BCUT2D eigenvalue weighted by atomic mass is 16.6. The number of benzene rings is 2. The van der Waals surface area contributed by atoms with Gasteiger partial charge < -0.3 is 19.7 Å². The van der Waals surface area contributed by atoms with Crippen LogP contribution in [-0.2, 0) is 9.59 Å². The average molecular weight is 354 g/mol. The highest BCUT2D eigenvalue weighted by Crippen LogP contribution is 2.32. The first kappa shape index (κ1) is 17.8. The van der Waals surface area contributed by atoms with Crippen molar-refractivity contribution in [1.29, 1.82) is 0 Å². The summed E-state index contributed by atoms with van der Waals surface area (Å²) < 4.78 is 11.0. The molecule has 0 fully saturated rings. The minimum absolute atomic E-state index is 0.0913. The van der Waals surface area contributed by atoms with E-state index in [1.54, 1.807) is 23.1 Å². The van der Waals surface area contributed by atoms with E-state index in [4.69, 9.17) is 9.47 Å². The first-order valence-corrected chi connectivity index (χ1v) is 8.58. The number of carbonyl (C=O) groups is 2. The minimum Gasteiger partial charge on any atom is -0.486 e. The molecule has 3 rings (SSSR count). The number of nitrogens with one attached hydrogen (secondary N) is 1. The molecule has 6 heteroatoms. The molecule has 0 aromatic heterocycles. The lowest BCUT2D eigenvalue weighted by atomic mass is 10.1. The molecule has 0 unspecified atom stereocenters. The summed E-state index contributed by atoms with van der Waals surface area (Å²) >= 11 is 0. The number of ether oxygens (including phenoxy) is 2. The quantitative estimate of drug-likeness (QED) is 0.896. The molecular weight excluding hydrogens is 332 g/mol. The van der Waals surface area contributed by atoms with E-state index in [0.717, 1.165) is 11.3 Å². The smallest absolute Gasteiger partial charge is 0.226 e. The lowest BCUT2D eigenvalue weighted by Crippen LogP contribution is -2.32. The first-order chi connectivity index (χ1) is 12.5. The van der Waals surface area contributed by atoms with Crippen molar-refractivity contribution in [3.63, 3.8) is 0 Å². The van der Waals surface area contributed by atoms with E-state index in [9.17, 15) is 9.59 Å². The lowest BCUT2D eigenvalue weighted by molar-refractivity contribution is -0.117. The third-order valence-corrected chi connectivity index (χ3v) is 4.17. The fourth-order valence-corrected chi connectivity index (χ4v) is 2.87. The van der Waals surface area contributed by atoms with Crippen LogP contribution < -0.4 is 19.7 Å². The zero-order valence-corrected chi connectivity index (χ0v) is 15.0. The highest BCUT2D eigenvalue weighted by Gasteiger charge is 2.16. The molecule has 2 aromatic rings. The number of rotatable bonds is 5. The van der Waals surface area contributed by atoms with Crippen LogP contribution in [0.25, 0.3) is 0 Å². The van der Waals surface area contributed by atoms with Gasteiger partial charge in [-0.25, -0.2) is 0 Å². The molecule has 1 heterocycles. The average Bonchev–Trinajstić information content (AvgIpc) is 2.63. The van der Waals surface area contributed by atoms with Crippen molar-refractivity contribution in [2.75, 3.05) is 30.0 Å². The Bertz CT molecular complexity index is 819. The minimum atomic E-state index is -0.165. The summed E-state index contributed by atoms with van der Waals surface area (Å²) in [6.45, 7) is 4.79. The van der Waals surface area contributed by atoms with Crippen molar-refractivity contribution in [3.8, 4) is 11.5 Å². The predicted octanol–water partition coefficient (Wildman–Crippen LogP) is 3.15. The van der Waals surface area contributed by atoms with Crippen molar-refractivity contribution in [2.24, 2.45) is 0 Å². The van der Waals surface area contributed by atoms with Crippen molar-refractivity contribution in [3.05, 3.63) is 48.0 Å². The number of hydrogen-bond acceptors (Lipinski definition) is 4. The number of para-hydroxylation sites is 1. The maximum absolute atomic E-state index is 12.3. The maximum atomic E-state index is 12.3.